The second kappa shape index (κ2) is 8.03. The number of rotatable bonds is 5. The van der Waals surface area contributed by atoms with Crippen LogP contribution in [0.25, 0.3) is 10.6 Å². The molecular formula is C22H20N4O4S2. The number of nitrogens with one attached hydrogen (secondary N) is 2. The van der Waals surface area contributed by atoms with E-state index in [1.807, 2.05) is 30.5 Å². The summed E-state index contributed by atoms with van der Waals surface area (Å²) in [5.74, 6) is -0.251. The molecule has 1 saturated heterocycles. The van der Waals surface area contributed by atoms with Crippen molar-refractivity contribution in [2.75, 3.05) is 13.2 Å². The molecule has 4 amide bonds. The smallest absolute Gasteiger partial charge is 0.325 e. The van der Waals surface area contributed by atoms with Crippen molar-refractivity contribution in [2.24, 2.45) is 0 Å². The average molecular weight is 469 g/mol. The van der Waals surface area contributed by atoms with Crippen molar-refractivity contribution in [1.82, 2.24) is 20.5 Å². The highest BCUT2D eigenvalue weighted by Crippen LogP contribution is 2.40. The highest BCUT2D eigenvalue weighted by Gasteiger charge is 2.55. The van der Waals surface area contributed by atoms with E-state index in [-0.39, 0.29) is 6.54 Å². The second-order valence-corrected chi connectivity index (χ2v) is 9.85. The van der Waals surface area contributed by atoms with Gasteiger partial charge in [0.25, 0.3) is 5.91 Å². The summed E-state index contributed by atoms with van der Waals surface area (Å²) in [5, 5.41) is 8.61. The molecule has 1 aromatic carbocycles. The summed E-state index contributed by atoms with van der Waals surface area (Å²) in [6.45, 7) is 2.25. The van der Waals surface area contributed by atoms with Crippen LogP contribution in [0.4, 0.5) is 4.79 Å². The number of aryl methyl sites for hydroxylation is 1. The third-order valence-electron chi connectivity index (χ3n) is 5.55. The number of ether oxygens (including phenoxy) is 1. The Balaban J connectivity index is 1.24. The van der Waals surface area contributed by atoms with Crippen LogP contribution in [-0.4, -0.2) is 40.9 Å². The highest BCUT2D eigenvalue weighted by molar-refractivity contribution is 7.16. The largest absolute Gasteiger partial charge is 0.493 e. The van der Waals surface area contributed by atoms with Crippen LogP contribution in [0.5, 0.6) is 5.75 Å². The van der Waals surface area contributed by atoms with Crippen molar-refractivity contribution < 1.29 is 19.1 Å². The summed E-state index contributed by atoms with van der Waals surface area (Å²) < 4.78 is 5.63. The molecule has 1 atom stereocenters. The third kappa shape index (κ3) is 3.55. The maximum absolute atomic E-state index is 13.2. The van der Waals surface area contributed by atoms with E-state index in [1.54, 1.807) is 40.9 Å². The van der Waals surface area contributed by atoms with Crippen molar-refractivity contribution in [3.8, 4) is 16.3 Å². The molecule has 2 aromatic heterocycles. The average Bonchev–Trinajstić information content (AvgIpc) is 3.49. The lowest BCUT2D eigenvalue weighted by molar-refractivity contribution is -0.136. The first-order valence-electron chi connectivity index (χ1n) is 10.1. The first-order chi connectivity index (χ1) is 15.5. The molecule has 1 spiro atoms. The van der Waals surface area contributed by atoms with Gasteiger partial charge in [0.1, 0.15) is 12.3 Å². The molecule has 0 unspecified atom stereocenters. The van der Waals surface area contributed by atoms with Crippen molar-refractivity contribution in [3.05, 3.63) is 57.2 Å². The van der Waals surface area contributed by atoms with E-state index >= 15 is 0 Å². The number of hydrogen-bond donors (Lipinski definition) is 2. The van der Waals surface area contributed by atoms with Crippen LogP contribution in [0, 0.1) is 6.92 Å². The van der Waals surface area contributed by atoms with Crippen LogP contribution >= 0.6 is 22.7 Å². The van der Waals surface area contributed by atoms with Gasteiger partial charge in [-0.1, -0.05) is 18.2 Å². The Morgan fingerprint density at radius 3 is 2.94 bits per heavy atom. The molecule has 4 heterocycles. The Labute approximate surface area is 192 Å². The fourth-order valence-electron chi connectivity index (χ4n) is 3.99. The first kappa shape index (κ1) is 20.7. The van der Waals surface area contributed by atoms with E-state index < -0.39 is 23.4 Å². The normalized spacial score (nSPS) is 19.6. The minimum atomic E-state index is -1.18. The number of nitrogens with zero attached hydrogens (tertiary/aromatic N) is 2. The summed E-state index contributed by atoms with van der Waals surface area (Å²) in [4.78, 5) is 45.8. The maximum atomic E-state index is 13.2. The van der Waals surface area contributed by atoms with Gasteiger partial charge in [0.15, 0.2) is 5.54 Å². The van der Waals surface area contributed by atoms with Gasteiger partial charge in [-0.15, -0.1) is 22.7 Å². The summed E-state index contributed by atoms with van der Waals surface area (Å²) >= 11 is 3.14. The van der Waals surface area contributed by atoms with Gasteiger partial charge in [-0.2, -0.15) is 0 Å². The zero-order chi connectivity index (χ0) is 22.3. The molecule has 2 aliphatic rings. The Kier molecular flexibility index (Phi) is 5.18. The maximum Gasteiger partial charge on any atom is 0.325 e. The van der Waals surface area contributed by atoms with Crippen LogP contribution in [0.1, 0.15) is 21.9 Å². The first-order valence-corrected chi connectivity index (χ1v) is 11.8. The number of imide groups is 1. The summed E-state index contributed by atoms with van der Waals surface area (Å²) in [6.07, 6.45) is 0.320. The molecule has 0 saturated carbocycles. The molecule has 3 aromatic rings. The molecule has 2 aliphatic heterocycles. The van der Waals surface area contributed by atoms with E-state index in [9.17, 15) is 14.4 Å². The van der Waals surface area contributed by atoms with Crippen molar-refractivity contribution in [3.63, 3.8) is 0 Å². The SMILES string of the molecule is Cc1nc(-c2ccc(CNC(=O)CN3C(=O)N[C@@]4(CCOc5ccccc54)C3=O)s2)cs1. The van der Waals surface area contributed by atoms with Crippen LogP contribution in [0.15, 0.2) is 41.8 Å². The highest BCUT2D eigenvalue weighted by atomic mass is 32.1. The van der Waals surface area contributed by atoms with Gasteiger partial charge >= 0.3 is 6.03 Å². The number of fused-ring (bicyclic) bond motifs is 2. The number of carbonyl (C=O) groups excluding carboxylic acids is 3. The van der Waals surface area contributed by atoms with Gasteiger partial charge in [-0.25, -0.2) is 9.78 Å². The van der Waals surface area contributed by atoms with Crippen molar-refractivity contribution in [1.29, 1.82) is 0 Å². The monoisotopic (exact) mass is 468 g/mol. The fraction of sp³-hybridized carbons (Fsp3) is 0.273. The predicted octanol–water partition coefficient (Wildman–Crippen LogP) is 3.03. The molecular weight excluding hydrogens is 448 g/mol. The number of amides is 4. The van der Waals surface area contributed by atoms with Gasteiger partial charge in [0.2, 0.25) is 5.91 Å². The van der Waals surface area contributed by atoms with Gasteiger partial charge < -0.3 is 15.4 Å². The van der Waals surface area contributed by atoms with E-state index in [4.69, 9.17) is 4.74 Å². The number of carbonyl (C=O) groups is 3. The van der Waals surface area contributed by atoms with Gasteiger partial charge in [-0.3, -0.25) is 14.5 Å². The minimum Gasteiger partial charge on any atom is -0.493 e. The second-order valence-electron chi connectivity index (χ2n) is 7.62. The summed E-state index contributed by atoms with van der Waals surface area (Å²) in [6, 6.07) is 10.5. The van der Waals surface area contributed by atoms with Gasteiger partial charge in [-0.05, 0) is 25.1 Å². The summed E-state index contributed by atoms with van der Waals surface area (Å²) in [7, 11) is 0. The Morgan fingerprint density at radius 1 is 1.28 bits per heavy atom. The van der Waals surface area contributed by atoms with Crippen molar-refractivity contribution >= 4 is 40.5 Å². The van der Waals surface area contributed by atoms with Gasteiger partial charge in [0, 0.05) is 22.2 Å². The predicted molar refractivity (Wildman–Crippen MR) is 120 cm³/mol. The van der Waals surface area contributed by atoms with E-state index in [2.05, 4.69) is 15.6 Å². The molecule has 1 fully saturated rings. The number of urea groups is 1. The lowest BCUT2D eigenvalue weighted by Gasteiger charge is -2.33. The molecule has 8 nitrogen and oxygen atoms in total. The number of thiazole rings is 1. The minimum absolute atomic E-state index is 0.308. The molecule has 0 radical (unpaired) electrons. The van der Waals surface area contributed by atoms with E-state index in [0.29, 0.717) is 30.9 Å². The summed E-state index contributed by atoms with van der Waals surface area (Å²) in [5.41, 5.74) is 0.368. The molecule has 0 bridgehead atoms. The topological polar surface area (TPSA) is 101 Å². The quantitative estimate of drug-likeness (QED) is 0.561. The Hall–Kier alpha value is -3.24. The molecule has 10 heteroatoms. The van der Waals surface area contributed by atoms with Crippen LogP contribution in [0.2, 0.25) is 0 Å². The number of aromatic nitrogens is 1. The molecule has 32 heavy (non-hydrogen) atoms. The van der Waals surface area contributed by atoms with Crippen LogP contribution in [0.3, 0.4) is 0 Å². The lowest BCUT2D eigenvalue weighted by Crippen LogP contribution is -2.48. The number of benzene rings is 1. The molecule has 2 N–H and O–H groups in total. The Morgan fingerprint density at radius 2 is 2.12 bits per heavy atom. The van der Waals surface area contributed by atoms with Crippen LogP contribution < -0.4 is 15.4 Å². The Bertz CT molecular complexity index is 1220. The molecule has 0 aliphatic carbocycles. The number of hydrogen-bond acceptors (Lipinski definition) is 7. The van der Waals surface area contributed by atoms with E-state index in [1.165, 1.54) is 0 Å². The zero-order valence-electron chi connectivity index (χ0n) is 17.2. The zero-order valence-corrected chi connectivity index (χ0v) is 18.8. The van der Waals surface area contributed by atoms with Crippen LogP contribution in [-0.2, 0) is 21.7 Å². The third-order valence-corrected chi connectivity index (χ3v) is 7.43. The van der Waals surface area contributed by atoms with Crippen molar-refractivity contribution in [2.45, 2.75) is 25.4 Å². The van der Waals surface area contributed by atoms with Gasteiger partial charge in [0.05, 0.1) is 28.7 Å². The van der Waals surface area contributed by atoms with E-state index in [0.717, 1.165) is 25.4 Å². The lowest BCUT2D eigenvalue weighted by atomic mass is 9.84. The number of thiophene rings is 1. The molecule has 5 rings (SSSR count). The fourth-order valence-corrected chi connectivity index (χ4v) is 5.58. The molecule has 164 valence electrons. The standard InChI is InChI=1S/C22H20N4O4S2/c1-13-24-16(12-31-13)18-7-6-14(32-18)10-23-19(27)11-26-20(28)22(25-21(26)29)8-9-30-17-5-3-2-4-15(17)22/h2-7,12H,8-11H2,1H3,(H,23,27)(H,25,29)/t22-/m1/s1. The number of para-hydroxylation sites is 1.